The third-order valence-electron chi connectivity index (χ3n) is 3.85. The zero-order chi connectivity index (χ0) is 15.5. The molecule has 21 heavy (non-hydrogen) atoms. The average molecular weight is 309 g/mol. The predicted octanol–water partition coefficient (Wildman–Crippen LogP) is 2.22. The molecule has 6 nitrogen and oxygen atoms in total. The maximum atomic E-state index is 11.8. The van der Waals surface area contributed by atoms with Gasteiger partial charge in [-0.25, -0.2) is 4.79 Å². The Morgan fingerprint density at radius 2 is 2.24 bits per heavy atom. The fourth-order valence-electron chi connectivity index (χ4n) is 2.23. The molecule has 0 atom stereocenters. The second-order valence-electron chi connectivity index (χ2n) is 5.25. The summed E-state index contributed by atoms with van der Waals surface area (Å²) in [4.78, 5) is 12.2. The van der Waals surface area contributed by atoms with Crippen LogP contribution in [0.4, 0.5) is 10.7 Å². The Hall–Kier alpha value is -1.78. The predicted molar refractivity (Wildman–Crippen MR) is 81.4 cm³/mol. The van der Waals surface area contributed by atoms with Crippen LogP contribution in [0.15, 0.2) is 0 Å². The van der Waals surface area contributed by atoms with E-state index in [2.05, 4.69) is 5.32 Å². The van der Waals surface area contributed by atoms with E-state index in [9.17, 15) is 4.79 Å². The van der Waals surface area contributed by atoms with Crippen molar-refractivity contribution < 1.29 is 14.3 Å². The molecule has 1 heterocycles. The maximum absolute atomic E-state index is 11.8. The third-order valence-corrected chi connectivity index (χ3v) is 4.92. The highest BCUT2D eigenvalue weighted by molar-refractivity contribution is 7.17. The van der Waals surface area contributed by atoms with Gasteiger partial charge in [0.25, 0.3) is 0 Å². The number of nitrogens with zero attached hydrogens (tertiary/aromatic N) is 1. The van der Waals surface area contributed by atoms with Crippen LogP contribution in [0.5, 0.6) is 0 Å². The molecule has 1 aromatic heterocycles. The summed E-state index contributed by atoms with van der Waals surface area (Å²) in [5.41, 5.74) is 6.54. The largest absolute Gasteiger partial charge is 0.465 e. The van der Waals surface area contributed by atoms with Gasteiger partial charge < -0.3 is 20.5 Å². The molecule has 1 aromatic rings. The van der Waals surface area contributed by atoms with Crippen LogP contribution in [0.1, 0.15) is 34.5 Å². The summed E-state index contributed by atoms with van der Waals surface area (Å²) in [6, 6.07) is 2.01. The summed E-state index contributed by atoms with van der Waals surface area (Å²) >= 11 is 1.19. The summed E-state index contributed by atoms with van der Waals surface area (Å²) in [7, 11) is 2.99. The maximum Gasteiger partial charge on any atom is 0.343 e. The lowest BCUT2D eigenvalue weighted by Crippen LogP contribution is -2.18. The van der Waals surface area contributed by atoms with E-state index in [4.69, 9.17) is 20.5 Å². The highest BCUT2D eigenvalue weighted by Crippen LogP contribution is 2.49. The summed E-state index contributed by atoms with van der Waals surface area (Å²) in [5.74, 6) is -0.519. The minimum atomic E-state index is -0.519. The number of thiophene rings is 1. The minimum Gasteiger partial charge on any atom is -0.465 e. The molecule has 7 heteroatoms. The molecule has 2 rings (SSSR count). The van der Waals surface area contributed by atoms with Crippen LogP contribution >= 0.6 is 11.3 Å². The Morgan fingerprint density at radius 1 is 1.52 bits per heavy atom. The van der Waals surface area contributed by atoms with Crippen molar-refractivity contribution in [1.29, 1.82) is 5.26 Å². The van der Waals surface area contributed by atoms with Crippen molar-refractivity contribution in [3.05, 3.63) is 10.4 Å². The van der Waals surface area contributed by atoms with Gasteiger partial charge in [-0.3, -0.25) is 0 Å². The smallest absolute Gasteiger partial charge is 0.343 e. The van der Waals surface area contributed by atoms with Gasteiger partial charge in [-0.05, 0) is 24.7 Å². The van der Waals surface area contributed by atoms with Crippen molar-refractivity contribution in [3.8, 4) is 6.07 Å². The second kappa shape index (κ2) is 6.33. The molecule has 1 saturated carbocycles. The first kappa shape index (κ1) is 15.6. The highest BCUT2D eigenvalue weighted by Gasteiger charge is 2.42. The molecule has 1 aliphatic carbocycles. The normalized spacial score (nSPS) is 15.3. The Bertz CT molecular complexity index is 573. The number of hydrogen-bond donors (Lipinski definition) is 2. The number of hydrogen-bond acceptors (Lipinski definition) is 7. The lowest BCUT2D eigenvalue weighted by Gasteiger charge is -2.16. The van der Waals surface area contributed by atoms with E-state index in [1.54, 1.807) is 7.11 Å². The number of rotatable bonds is 7. The molecule has 0 aromatic carbocycles. The Labute approximate surface area is 127 Å². The number of anilines is 2. The van der Waals surface area contributed by atoms with Gasteiger partial charge in [0.2, 0.25) is 0 Å². The molecule has 3 N–H and O–H groups in total. The fraction of sp³-hybridized carbons (Fsp3) is 0.571. The second-order valence-corrected chi connectivity index (χ2v) is 6.27. The van der Waals surface area contributed by atoms with Crippen molar-refractivity contribution in [2.24, 2.45) is 5.41 Å². The molecule has 0 spiro atoms. The molecule has 0 bridgehead atoms. The molecule has 0 unspecified atom stereocenters. The lowest BCUT2D eigenvalue weighted by molar-refractivity contribution is 0.0603. The Kier molecular flexibility index (Phi) is 4.70. The van der Waals surface area contributed by atoms with Crippen LogP contribution in [0.2, 0.25) is 0 Å². The van der Waals surface area contributed by atoms with Gasteiger partial charge in [0.1, 0.15) is 21.5 Å². The van der Waals surface area contributed by atoms with Gasteiger partial charge in [0, 0.05) is 20.3 Å². The van der Waals surface area contributed by atoms with Crippen LogP contribution in [0, 0.1) is 16.7 Å². The first-order chi connectivity index (χ1) is 10.1. The number of carbonyl (C=O) groups is 1. The number of nitrogens with one attached hydrogen (secondary N) is 1. The molecular weight excluding hydrogens is 290 g/mol. The quantitative estimate of drug-likeness (QED) is 0.749. The monoisotopic (exact) mass is 309 g/mol. The topological polar surface area (TPSA) is 97.4 Å². The number of nitriles is 1. The van der Waals surface area contributed by atoms with E-state index >= 15 is 0 Å². The van der Waals surface area contributed by atoms with Gasteiger partial charge in [-0.1, -0.05) is 0 Å². The minimum absolute atomic E-state index is 0.193. The van der Waals surface area contributed by atoms with E-state index in [1.165, 1.54) is 18.4 Å². The summed E-state index contributed by atoms with van der Waals surface area (Å²) < 4.78 is 9.87. The number of nitrogens with two attached hydrogens (primary N) is 1. The SMILES string of the molecule is COCCC1(CNc2sc(C#N)c(N)c2C(=O)OC)CC1. The van der Waals surface area contributed by atoms with Gasteiger partial charge in [-0.15, -0.1) is 11.3 Å². The number of methoxy groups -OCH3 is 2. The van der Waals surface area contributed by atoms with E-state index in [1.807, 2.05) is 6.07 Å². The first-order valence-electron chi connectivity index (χ1n) is 6.70. The zero-order valence-electron chi connectivity index (χ0n) is 12.2. The standard InChI is InChI=1S/C14H19N3O3S/c1-19-6-5-14(3-4-14)8-17-12-10(13(18)20-2)11(16)9(7-15)21-12/h17H,3-6,8,16H2,1-2H3. The van der Waals surface area contributed by atoms with Crippen LogP contribution in [0.25, 0.3) is 0 Å². The number of ether oxygens (including phenoxy) is 2. The fourth-order valence-corrected chi connectivity index (χ4v) is 3.14. The van der Waals surface area contributed by atoms with Gasteiger partial charge in [-0.2, -0.15) is 5.26 Å². The summed E-state index contributed by atoms with van der Waals surface area (Å²) in [6.07, 6.45) is 3.27. The van der Waals surface area contributed by atoms with E-state index in [0.29, 0.717) is 9.88 Å². The number of carbonyl (C=O) groups excluding carboxylic acids is 1. The van der Waals surface area contributed by atoms with Crippen molar-refractivity contribution >= 4 is 28.0 Å². The number of esters is 1. The van der Waals surface area contributed by atoms with E-state index in [-0.39, 0.29) is 16.7 Å². The summed E-state index contributed by atoms with van der Waals surface area (Å²) in [6.45, 7) is 1.47. The lowest BCUT2D eigenvalue weighted by atomic mass is 10.0. The Morgan fingerprint density at radius 3 is 2.76 bits per heavy atom. The molecule has 0 radical (unpaired) electrons. The highest BCUT2D eigenvalue weighted by atomic mass is 32.1. The van der Waals surface area contributed by atoms with E-state index in [0.717, 1.165) is 32.4 Å². The van der Waals surface area contributed by atoms with Gasteiger partial charge in [0.05, 0.1) is 12.8 Å². The van der Waals surface area contributed by atoms with Crippen molar-refractivity contribution in [1.82, 2.24) is 0 Å². The third kappa shape index (κ3) is 3.28. The zero-order valence-corrected chi connectivity index (χ0v) is 13.0. The van der Waals surface area contributed by atoms with E-state index < -0.39 is 5.97 Å². The first-order valence-corrected chi connectivity index (χ1v) is 7.52. The van der Waals surface area contributed by atoms with Gasteiger partial charge >= 0.3 is 5.97 Å². The van der Waals surface area contributed by atoms with Crippen LogP contribution < -0.4 is 11.1 Å². The molecule has 1 fully saturated rings. The molecule has 0 saturated heterocycles. The van der Waals surface area contributed by atoms with Crippen LogP contribution in [-0.2, 0) is 9.47 Å². The van der Waals surface area contributed by atoms with Crippen molar-refractivity contribution in [2.45, 2.75) is 19.3 Å². The molecular formula is C14H19N3O3S. The number of nitrogen functional groups attached to an aromatic ring is 1. The molecule has 114 valence electrons. The molecule has 0 amide bonds. The van der Waals surface area contributed by atoms with Gasteiger partial charge in [0.15, 0.2) is 0 Å². The van der Waals surface area contributed by atoms with Crippen LogP contribution in [-0.4, -0.2) is 33.3 Å². The molecule has 1 aliphatic rings. The summed E-state index contributed by atoms with van der Waals surface area (Å²) in [5, 5.41) is 12.9. The Balaban J connectivity index is 2.13. The van der Waals surface area contributed by atoms with Crippen LogP contribution in [0.3, 0.4) is 0 Å². The average Bonchev–Trinajstić information content (AvgIpc) is 3.20. The van der Waals surface area contributed by atoms with Crippen molar-refractivity contribution in [3.63, 3.8) is 0 Å². The van der Waals surface area contributed by atoms with Crippen molar-refractivity contribution in [2.75, 3.05) is 38.4 Å². The molecule has 0 aliphatic heterocycles.